The van der Waals surface area contributed by atoms with Crippen molar-refractivity contribution in [1.82, 2.24) is 5.32 Å². The Balaban J connectivity index is 4.14. The van der Waals surface area contributed by atoms with Crippen LogP contribution in [0.1, 0.15) is 53.4 Å². The van der Waals surface area contributed by atoms with Gasteiger partial charge < -0.3 is 15.2 Å². The Kier molecular flexibility index (Phi) is 6.61. The van der Waals surface area contributed by atoms with Crippen molar-refractivity contribution in [2.24, 2.45) is 0 Å². The van der Waals surface area contributed by atoms with Crippen LogP contribution in [0, 0.1) is 0 Å². The predicted molar refractivity (Wildman–Crippen MR) is 64.9 cm³/mol. The molecule has 0 bridgehead atoms. The van der Waals surface area contributed by atoms with E-state index >= 15 is 0 Å². The summed E-state index contributed by atoms with van der Waals surface area (Å²) in [6.07, 6.45) is 1.65. The number of ether oxygens (including phenoxy) is 1. The summed E-state index contributed by atoms with van der Waals surface area (Å²) >= 11 is 0. The minimum atomic E-state index is -0.850. The number of aliphatic carboxylic acids is 1. The Morgan fingerprint density at radius 3 is 2.29 bits per heavy atom. The predicted octanol–water partition coefficient (Wildman–Crippen LogP) is 2.54. The molecule has 0 aliphatic heterocycles. The minimum Gasteiger partial charge on any atom is -0.481 e. The summed E-state index contributed by atoms with van der Waals surface area (Å²) in [4.78, 5) is 22.0. The van der Waals surface area contributed by atoms with Crippen LogP contribution in [0.3, 0.4) is 0 Å². The Hall–Kier alpha value is -1.26. The third-order valence-corrected chi connectivity index (χ3v) is 2.06. The molecular weight excluding hydrogens is 222 g/mol. The lowest BCUT2D eigenvalue weighted by molar-refractivity contribution is -0.137. The van der Waals surface area contributed by atoms with Gasteiger partial charge in [0.2, 0.25) is 0 Å². The van der Waals surface area contributed by atoms with E-state index in [0.29, 0.717) is 6.42 Å². The van der Waals surface area contributed by atoms with E-state index in [1.54, 1.807) is 20.8 Å². The Morgan fingerprint density at radius 1 is 1.29 bits per heavy atom. The molecule has 0 rings (SSSR count). The molecule has 0 aliphatic rings. The molecule has 1 amide bonds. The zero-order chi connectivity index (χ0) is 13.5. The quantitative estimate of drug-likeness (QED) is 0.754. The SMILES string of the molecule is CCCC(CCC(=O)O)NC(=O)OC(C)(C)C. The fourth-order valence-corrected chi connectivity index (χ4v) is 1.41. The van der Waals surface area contributed by atoms with Gasteiger partial charge in [-0.05, 0) is 33.6 Å². The van der Waals surface area contributed by atoms with E-state index in [-0.39, 0.29) is 12.5 Å². The van der Waals surface area contributed by atoms with Crippen molar-refractivity contribution < 1.29 is 19.4 Å². The van der Waals surface area contributed by atoms with Gasteiger partial charge >= 0.3 is 12.1 Å². The summed E-state index contributed by atoms with van der Waals surface area (Å²) in [5.41, 5.74) is -0.534. The van der Waals surface area contributed by atoms with Crippen LogP contribution >= 0.6 is 0 Å². The molecule has 1 unspecified atom stereocenters. The molecule has 0 aromatic heterocycles. The molecule has 100 valence electrons. The summed E-state index contributed by atoms with van der Waals surface area (Å²) in [5, 5.41) is 11.3. The molecule has 5 heteroatoms. The summed E-state index contributed by atoms with van der Waals surface area (Å²) < 4.78 is 5.12. The lowest BCUT2D eigenvalue weighted by Crippen LogP contribution is -2.39. The number of hydrogen-bond donors (Lipinski definition) is 2. The monoisotopic (exact) mass is 245 g/mol. The highest BCUT2D eigenvalue weighted by Crippen LogP contribution is 2.09. The van der Waals surface area contributed by atoms with Gasteiger partial charge in [0.25, 0.3) is 0 Å². The van der Waals surface area contributed by atoms with Crippen molar-refractivity contribution in [3.63, 3.8) is 0 Å². The van der Waals surface area contributed by atoms with Crippen LogP contribution in [-0.2, 0) is 9.53 Å². The largest absolute Gasteiger partial charge is 0.481 e. The number of carboxylic acid groups (broad SMARTS) is 1. The number of carbonyl (C=O) groups excluding carboxylic acids is 1. The Labute approximate surface area is 103 Å². The number of rotatable bonds is 6. The normalized spacial score (nSPS) is 12.9. The molecular formula is C12H23NO4. The zero-order valence-corrected chi connectivity index (χ0v) is 11.1. The molecule has 5 nitrogen and oxygen atoms in total. The molecule has 0 heterocycles. The van der Waals surface area contributed by atoms with Crippen LogP contribution in [0.5, 0.6) is 0 Å². The molecule has 0 saturated heterocycles. The molecule has 0 radical (unpaired) electrons. The average molecular weight is 245 g/mol. The summed E-state index contributed by atoms with van der Waals surface area (Å²) in [6, 6.07) is -0.133. The standard InChI is InChI=1S/C12H23NO4/c1-5-6-9(7-8-10(14)15)13-11(16)17-12(2,3)4/h9H,5-8H2,1-4H3,(H,13,16)(H,14,15). The van der Waals surface area contributed by atoms with Crippen LogP contribution in [0.15, 0.2) is 0 Å². The minimum absolute atomic E-state index is 0.0560. The number of carbonyl (C=O) groups is 2. The van der Waals surface area contributed by atoms with Crippen LogP contribution in [0.4, 0.5) is 4.79 Å². The maximum Gasteiger partial charge on any atom is 0.407 e. The molecule has 1 atom stereocenters. The second kappa shape index (κ2) is 7.14. The van der Waals surface area contributed by atoms with Gasteiger partial charge in [-0.15, -0.1) is 0 Å². The van der Waals surface area contributed by atoms with Crippen molar-refractivity contribution in [3.05, 3.63) is 0 Å². The van der Waals surface area contributed by atoms with E-state index in [0.717, 1.165) is 12.8 Å². The lowest BCUT2D eigenvalue weighted by Gasteiger charge is -2.23. The lowest BCUT2D eigenvalue weighted by atomic mass is 10.1. The van der Waals surface area contributed by atoms with Crippen molar-refractivity contribution in [3.8, 4) is 0 Å². The van der Waals surface area contributed by atoms with Crippen molar-refractivity contribution in [1.29, 1.82) is 0 Å². The molecule has 0 saturated carbocycles. The Bertz CT molecular complexity index is 258. The molecule has 0 aliphatic carbocycles. The van der Waals surface area contributed by atoms with E-state index in [9.17, 15) is 9.59 Å². The third-order valence-electron chi connectivity index (χ3n) is 2.06. The van der Waals surface area contributed by atoms with E-state index < -0.39 is 17.7 Å². The number of amides is 1. The molecule has 0 aromatic carbocycles. The third kappa shape index (κ3) is 9.66. The first-order valence-corrected chi connectivity index (χ1v) is 5.96. The molecule has 0 aromatic rings. The maximum absolute atomic E-state index is 11.5. The molecule has 0 spiro atoms. The van der Waals surface area contributed by atoms with Crippen LogP contribution < -0.4 is 5.32 Å². The first-order valence-electron chi connectivity index (χ1n) is 5.96. The van der Waals surface area contributed by atoms with E-state index in [1.165, 1.54) is 0 Å². The Morgan fingerprint density at radius 2 is 1.88 bits per heavy atom. The highest BCUT2D eigenvalue weighted by atomic mass is 16.6. The number of carboxylic acids is 1. The van der Waals surface area contributed by atoms with Gasteiger partial charge in [0, 0.05) is 12.5 Å². The molecule has 0 fully saturated rings. The van der Waals surface area contributed by atoms with Crippen molar-refractivity contribution >= 4 is 12.1 Å². The second-order valence-electron chi connectivity index (χ2n) is 5.06. The first kappa shape index (κ1) is 15.7. The van der Waals surface area contributed by atoms with Gasteiger partial charge in [-0.2, -0.15) is 0 Å². The number of alkyl carbamates (subject to hydrolysis) is 1. The smallest absolute Gasteiger partial charge is 0.407 e. The van der Waals surface area contributed by atoms with E-state index in [4.69, 9.17) is 9.84 Å². The summed E-state index contributed by atoms with van der Waals surface area (Å²) in [5.74, 6) is -0.850. The number of hydrogen-bond acceptors (Lipinski definition) is 3. The van der Waals surface area contributed by atoms with Crippen molar-refractivity contribution in [2.75, 3.05) is 0 Å². The van der Waals surface area contributed by atoms with Gasteiger partial charge in [0.15, 0.2) is 0 Å². The fourth-order valence-electron chi connectivity index (χ4n) is 1.41. The van der Waals surface area contributed by atoms with Gasteiger partial charge in [-0.3, -0.25) is 4.79 Å². The van der Waals surface area contributed by atoms with Gasteiger partial charge in [0.05, 0.1) is 0 Å². The van der Waals surface area contributed by atoms with Crippen LogP contribution in [-0.4, -0.2) is 28.8 Å². The van der Waals surface area contributed by atoms with Crippen LogP contribution in [0.2, 0.25) is 0 Å². The molecule has 2 N–H and O–H groups in total. The first-order chi connectivity index (χ1) is 7.74. The topological polar surface area (TPSA) is 75.6 Å². The highest BCUT2D eigenvalue weighted by Gasteiger charge is 2.19. The highest BCUT2D eigenvalue weighted by molar-refractivity contribution is 5.69. The van der Waals surface area contributed by atoms with Gasteiger partial charge in [-0.1, -0.05) is 13.3 Å². The van der Waals surface area contributed by atoms with E-state index in [2.05, 4.69) is 5.32 Å². The maximum atomic E-state index is 11.5. The summed E-state index contributed by atoms with van der Waals surface area (Å²) in [7, 11) is 0. The fraction of sp³-hybridized carbons (Fsp3) is 0.833. The second-order valence-corrected chi connectivity index (χ2v) is 5.06. The summed E-state index contributed by atoms with van der Waals surface area (Å²) in [6.45, 7) is 7.36. The average Bonchev–Trinajstić information content (AvgIpc) is 2.11. The zero-order valence-electron chi connectivity index (χ0n) is 11.1. The van der Waals surface area contributed by atoms with Crippen molar-refractivity contribution in [2.45, 2.75) is 65.0 Å². The number of nitrogens with one attached hydrogen (secondary N) is 1. The van der Waals surface area contributed by atoms with Gasteiger partial charge in [0.1, 0.15) is 5.60 Å². The van der Waals surface area contributed by atoms with Gasteiger partial charge in [-0.25, -0.2) is 4.79 Å². The van der Waals surface area contributed by atoms with Crippen LogP contribution in [0.25, 0.3) is 0 Å². The molecule has 17 heavy (non-hydrogen) atoms. The van der Waals surface area contributed by atoms with E-state index in [1.807, 2.05) is 6.92 Å².